The van der Waals surface area contributed by atoms with Gasteiger partial charge >= 0.3 is 5.97 Å². The van der Waals surface area contributed by atoms with Gasteiger partial charge in [0.15, 0.2) is 11.4 Å². The summed E-state index contributed by atoms with van der Waals surface area (Å²) >= 11 is 0. The molecular weight excluding hydrogens is 270 g/mol. The van der Waals surface area contributed by atoms with Crippen molar-refractivity contribution in [3.05, 3.63) is 47.3 Å². The van der Waals surface area contributed by atoms with Crippen molar-refractivity contribution in [2.75, 3.05) is 13.7 Å². The minimum atomic E-state index is -0.719. The fraction of sp³-hybridized carbons (Fsp3) is 0.286. The molecule has 2 rings (SSSR count). The Morgan fingerprint density at radius 2 is 2.19 bits per heavy atom. The second-order valence-electron chi connectivity index (χ2n) is 4.34. The van der Waals surface area contributed by atoms with Gasteiger partial charge in [0, 0.05) is 6.54 Å². The molecule has 0 aromatic heterocycles. The zero-order valence-corrected chi connectivity index (χ0v) is 11.6. The van der Waals surface area contributed by atoms with E-state index in [2.05, 4.69) is 32.7 Å². The minimum Gasteiger partial charge on any atom is -0.465 e. The highest BCUT2D eigenvalue weighted by Crippen LogP contribution is 2.17. The van der Waals surface area contributed by atoms with Gasteiger partial charge in [0.2, 0.25) is 0 Å². The molecule has 108 valence electrons. The highest BCUT2D eigenvalue weighted by atomic mass is 16.5. The van der Waals surface area contributed by atoms with Crippen LogP contribution in [0.4, 0.5) is 0 Å². The van der Waals surface area contributed by atoms with E-state index in [9.17, 15) is 4.79 Å². The number of hydrogen-bond donors (Lipinski definition) is 1. The number of rotatable bonds is 5. The topological polar surface area (TPSA) is 90.1 Å². The first-order valence-electron chi connectivity index (χ1n) is 6.46. The summed E-state index contributed by atoms with van der Waals surface area (Å²) in [5.41, 5.74) is 3.73. The fourth-order valence-corrected chi connectivity index (χ4v) is 1.94. The number of benzene rings is 1. The molecule has 0 atom stereocenters. The van der Waals surface area contributed by atoms with E-state index in [1.165, 1.54) is 12.7 Å². The summed E-state index contributed by atoms with van der Waals surface area (Å²) in [7, 11) is 1.22. The van der Waals surface area contributed by atoms with Gasteiger partial charge in [-0.25, -0.2) is 4.79 Å². The van der Waals surface area contributed by atoms with Gasteiger partial charge in [-0.3, -0.25) is 5.01 Å². The summed E-state index contributed by atoms with van der Waals surface area (Å²) in [6, 6.07) is 11.9. The van der Waals surface area contributed by atoms with Crippen LogP contribution in [0, 0.1) is 11.3 Å². The normalized spacial score (nSPS) is 15.3. The minimum absolute atomic E-state index is 0.161. The van der Waals surface area contributed by atoms with Crippen molar-refractivity contribution in [2.45, 2.75) is 12.8 Å². The first-order chi connectivity index (χ1) is 10.3. The molecule has 0 saturated heterocycles. The summed E-state index contributed by atoms with van der Waals surface area (Å²) < 4.78 is 4.56. The van der Waals surface area contributed by atoms with Gasteiger partial charge in [0.05, 0.1) is 7.11 Å². The van der Waals surface area contributed by atoms with Crippen LogP contribution in [-0.4, -0.2) is 24.6 Å². The molecule has 0 radical (unpaired) electrons. The number of hydrogen-bond acceptors (Lipinski definition) is 7. The number of carbonyl (C=O) groups is 1. The Labute approximate surface area is 122 Å². The Morgan fingerprint density at radius 3 is 2.86 bits per heavy atom. The number of nitrogens with zero attached hydrogens (tertiary/aromatic N) is 4. The summed E-state index contributed by atoms with van der Waals surface area (Å²) in [4.78, 5) is 11.5. The summed E-state index contributed by atoms with van der Waals surface area (Å²) in [6.45, 7) is 0.569. The molecule has 0 saturated carbocycles. The average molecular weight is 285 g/mol. The Bertz CT molecular complexity index is 604. The molecule has 1 aromatic rings. The molecule has 0 fully saturated rings. The number of hydrazine groups is 1. The van der Waals surface area contributed by atoms with Gasteiger partial charge in [-0.2, -0.15) is 10.8 Å². The van der Waals surface area contributed by atoms with Gasteiger partial charge in [-0.1, -0.05) is 35.6 Å². The van der Waals surface area contributed by atoms with E-state index < -0.39 is 5.97 Å². The lowest BCUT2D eigenvalue weighted by Gasteiger charge is -2.17. The number of ether oxygens (including phenoxy) is 1. The molecule has 1 N–H and O–H groups in total. The molecule has 0 aliphatic carbocycles. The van der Waals surface area contributed by atoms with E-state index in [1.54, 1.807) is 11.1 Å². The number of aryl methyl sites for hydroxylation is 1. The predicted molar refractivity (Wildman–Crippen MR) is 74.1 cm³/mol. The van der Waals surface area contributed by atoms with Gasteiger partial charge in [0.25, 0.3) is 0 Å². The summed E-state index contributed by atoms with van der Waals surface area (Å²) in [5, 5.41) is 18.0. The smallest absolute Gasteiger partial charge is 0.352 e. The highest BCUT2D eigenvalue weighted by molar-refractivity contribution is 5.93. The largest absolute Gasteiger partial charge is 0.465 e. The van der Waals surface area contributed by atoms with Crippen molar-refractivity contribution in [3.63, 3.8) is 0 Å². The van der Waals surface area contributed by atoms with E-state index in [0.29, 0.717) is 6.54 Å². The third-order valence-corrected chi connectivity index (χ3v) is 2.98. The molecule has 7 heteroatoms. The second kappa shape index (κ2) is 7.05. The third kappa shape index (κ3) is 3.57. The maximum atomic E-state index is 11.5. The Balaban J connectivity index is 1.99. The van der Waals surface area contributed by atoms with Crippen molar-refractivity contribution in [2.24, 2.45) is 10.3 Å². The average Bonchev–Trinajstić information content (AvgIpc) is 2.97. The molecule has 0 bridgehead atoms. The van der Waals surface area contributed by atoms with E-state index >= 15 is 0 Å². The lowest BCUT2D eigenvalue weighted by molar-refractivity contribution is -0.135. The summed E-state index contributed by atoms with van der Waals surface area (Å²) in [6.07, 6.45) is 1.71. The van der Waals surface area contributed by atoms with Gasteiger partial charge in [0.1, 0.15) is 6.07 Å². The van der Waals surface area contributed by atoms with Crippen LogP contribution in [0.1, 0.15) is 12.0 Å². The molecule has 1 aliphatic rings. The van der Waals surface area contributed by atoms with Crippen LogP contribution >= 0.6 is 0 Å². The molecule has 1 aliphatic heterocycles. The lowest BCUT2D eigenvalue weighted by Crippen LogP contribution is -2.31. The number of carbonyl (C=O) groups excluding carboxylic acids is 1. The first kappa shape index (κ1) is 14.5. The quantitative estimate of drug-likeness (QED) is 0.505. The lowest BCUT2D eigenvalue weighted by atomic mass is 10.1. The molecule has 1 aromatic carbocycles. The van der Waals surface area contributed by atoms with Crippen LogP contribution in [0.3, 0.4) is 0 Å². The first-order valence-corrected chi connectivity index (χ1v) is 6.46. The van der Waals surface area contributed by atoms with E-state index in [4.69, 9.17) is 5.26 Å². The Kier molecular flexibility index (Phi) is 4.88. The molecule has 0 amide bonds. The fourth-order valence-electron chi connectivity index (χ4n) is 1.94. The second-order valence-corrected chi connectivity index (χ2v) is 4.34. The zero-order chi connectivity index (χ0) is 15.1. The SMILES string of the molecule is COC(=O)/C(C#N)=C1/N=NNN1CCCc1ccccc1. The van der Waals surface area contributed by atoms with E-state index in [-0.39, 0.29) is 11.4 Å². The van der Waals surface area contributed by atoms with Crippen LogP contribution in [-0.2, 0) is 16.0 Å². The monoisotopic (exact) mass is 285 g/mol. The molecule has 1 heterocycles. The number of nitriles is 1. The predicted octanol–water partition coefficient (Wildman–Crippen LogP) is 1.71. The van der Waals surface area contributed by atoms with E-state index in [1.807, 2.05) is 18.2 Å². The molecular formula is C14H15N5O2. The Hall–Kier alpha value is -2.88. The summed E-state index contributed by atoms with van der Waals surface area (Å²) in [5.74, 6) is -0.527. The van der Waals surface area contributed by atoms with Crippen molar-refractivity contribution in [3.8, 4) is 6.07 Å². The number of esters is 1. The van der Waals surface area contributed by atoms with Gasteiger partial charge < -0.3 is 4.74 Å². The number of nitrogens with one attached hydrogen (secondary N) is 1. The van der Waals surface area contributed by atoms with Crippen molar-refractivity contribution < 1.29 is 9.53 Å². The number of methoxy groups -OCH3 is 1. The van der Waals surface area contributed by atoms with Crippen molar-refractivity contribution in [1.82, 2.24) is 10.5 Å². The molecule has 21 heavy (non-hydrogen) atoms. The highest BCUT2D eigenvalue weighted by Gasteiger charge is 2.24. The maximum Gasteiger partial charge on any atom is 0.352 e. The maximum absolute atomic E-state index is 11.5. The van der Waals surface area contributed by atoms with Crippen molar-refractivity contribution >= 4 is 5.97 Å². The van der Waals surface area contributed by atoms with Gasteiger partial charge in [-0.15, -0.1) is 5.11 Å². The zero-order valence-electron chi connectivity index (χ0n) is 11.6. The standard InChI is InChI=1S/C14H15N5O2/c1-21-14(20)12(10-15)13-16-17-18-19(13)9-5-8-11-6-3-2-4-7-11/h2-4,6-7H,5,8-9H2,1H3,(H,16,18)/b13-12-. The molecule has 0 spiro atoms. The van der Waals surface area contributed by atoms with Crippen molar-refractivity contribution in [1.29, 1.82) is 5.26 Å². The van der Waals surface area contributed by atoms with E-state index in [0.717, 1.165) is 12.8 Å². The van der Waals surface area contributed by atoms with Crippen LogP contribution in [0.15, 0.2) is 52.1 Å². The van der Waals surface area contributed by atoms with Crippen LogP contribution in [0.5, 0.6) is 0 Å². The third-order valence-electron chi connectivity index (χ3n) is 2.98. The molecule has 0 unspecified atom stereocenters. The molecule has 7 nitrogen and oxygen atoms in total. The van der Waals surface area contributed by atoms with Crippen LogP contribution < -0.4 is 5.53 Å². The Morgan fingerprint density at radius 1 is 1.43 bits per heavy atom. The van der Waals surface area contributed by atoms with Gasteiger partial charge in [-0.05, 0) is 18.4 Å². The van der Waals surface area contributed by atoms with Crippen LogP contribution in [0.2, 0.25) is 0 Å². The van der Waals surface area contributed by atoms with Crippen LogP contribution in [0.25, 0.3) is 0 Å².